The number of nitrogens with two attached hydrogens (primary N) is 1. The minimum Gasteiger partial charge on any atom is -0.496 e. The van der Waals surface area contributed by atoms with Crippen molar-refractivity contribution in [3.63, 3.8) is 0 Å². The van der Waals surface area contributed by atoms with Crippen molar-refractivity contribution >= 4 is 5.69 Å². The highest BCUT2D eigenvalue weighted by atomic mass is 16.5. The number of aryl methyl sites for hydroxylation is 1. The zero-order chi connectivity index (χ0) is 13.9. The van der Waals surface area contributed by atoms with Gasteiger partial charge in [0.15, 0.2) is 5.82 Å². The average molecular weight is 273 g/mol. The van der Waals surface area contributed by atoms with E-state index < -0.39 is 0 Å². The highest BCUT2D eigenvalue weighted by molar-refractivity contribution is 5.68. The smallest absolute Gasteiger partial charge is 0.185 e. The third-order valence-corrected chi connectivity index (χ3v) is 3.97. The van der Waals surface area contributed by atoms with Gasteiger partial charge in [-0.2, -0.15) is 0 Å². The number of tetrazole rings is 1. The number of anilines is 1. The van der Waals surface area contributed by atoms with Crippen LogP contribution in [0.15, 0.2) is 18.2 Å². The van der Waals surface area contributed by atoms with Crippen LogP contribution in [0, 0.1) is 5.92 Å². The summed E-state index contributed by atoms with van der Waals surface area (Å²) >= 11 is 0. The van der Waals surface area contributed by atoms with Gasteiger partial charge in [-0.1, -0.05) is 19.3 Å². The fourth-order valence-electron chi connectivity index (χ4n) is 2.53. The first-order valence-corrected chi connectivity index (χ1v) is 6.98. The minimum atomic E-state index is 0.675. The number of aromatic nitrogens is 4. The molecule has 0 saturated heterocycles. The molecule has 2 N–H and O–H groups in total. The number of ether oxygens (including phenoxy) is 1. The van der Waals surface area contributed by atoms with E-state index in [1.165, 1.54) is 19.3 Å². The van der Waals surface area contributed by atoms with E-state index in [0.29, 0.717) is 11.5 Å². The average Bonchev–Trinajstić information content (AvgIpc) is 2.85. The quantitative estimate of drug-likeness (QED) is 0.844. The molecule has 2 aromatic rings. The summed E-state index contributed by atoms with van der Waals surface area (Å²) in [5.41, 5.74) is 7.37. The standard InChI is InChI=1S/C14H19N5O/c1-20-13-6-5-11(15)9-12(13)14-16-17-18-19(14)8-7-10-3-2-4-10/h5-6,9-10H,2-4,7-8,15H2,1H3. The van der Waals surface area contributed by atoms with Crippen molar-refractivity contribution in [3.8, 4) is 17.1 Å². The van der Waals surface area contributed by atoms with Crippen LogP contribution < -0.4 is 10.5 Å². The zero-order valence-electron chi connectivity index (χ0n) is 11.6. The molecule has 0 unspecified atom stereocenters. The van der Waals surface area contributed by atoms with Crippen molar-refractivity contribution in [1.82, 2.24) is 20.2 Å². The van der Waals surface area contributed by atoms with Gasteiger partial charge >= 0.3 is 0 Å². The van der Waals surface area contributed by atoms with Crippen molar-refractivity contribution in [2.24, 2.45) is 5.92 Å². The zero-order valence-corrected chi connectivity index (χ0v) is 11.6. The summed E-state index contributed by atoms with van der Waals surface area (Å²) in [7, 11) is 1.64. The molecule has 1 fully saturated rings. The van der Waals surface area contributed by atoms with E-state index in [-0.39, 0.29) is 0 Å². The van der Waals surface area contributed by atoms with Crippen LogP contribution in [0.25, 0.3) is 11.4 Å². The van der Waals surface area contributed by atoms with Crippen molar-refractivity contribution < 1.29 is 4.74 Å². The molecule has 1 aromatic heterocycles. The summed E-state index contributed by atoms with van der Waals surface area (Å²) in [5.74, 6) is 2.28. The number of rotatable bonds is 5. The van der Waals surface area contributed by atoms with Crippen molar-refractivity contribution in [2.45, 2.75) is 32.2 Å². The first-order valence-electron chi connectivity index (χ1n) is 6.98. The minimum absolute atomic E-state index is 0.675. The summed E-state index contributed by atoms with van der Waals surface area (Å²) < 4.78 is 7.22. The molecule has 6 heteroatoms. The second kappa shape index (κ2) is 5.48. The molecule has 1 aliphatic carbocycles. The molecule has 6 nitrogen and oxygen atoms in total. The van der Waals surface area contributed by atoms with Crippen LogP contribution in [0.5, 0.6) is 5.75 Å². The Bertz CT molecular complexity index is 591. The van der Waals surface area contributed by atoms with Gasteiger partial charge in [0, 0.05) is 12.2 Å². The summed E-state index contributed by atoms with van der Waals surface area (Å²) in [6.45, 7) is 0.838. The molecule has 0 radical (unpaired) electrons. The first kappa shape index (κ1) is 12.9. The highest BCUT2D eigenvalue weighted by Gasteiger charge is 2.19. The van der Waals surface area contributed by atoms with E-state index in [1.54, 1.807) is 7.11 Å². The monoisotopic (exact) mass is 273 g/mol. The van der Waals surface area contributed by atoms with Crippen molar-refractivity contribution in [1.29, 1.82) is 0 Å². The normalized spacial score (nSPS) is 15.1. The maximum absolute atomic E-state index is 5.86. The molecule has 0 atom stereocenters. The molecular weight excluding hydrogens is 254 g/mol. The van der Waals surface area contributed by atoms with Crippen LogP contribution in [-0.2, 0) is 6.54 Å². The van der Waals surface area contributed by atoms with Crippen LogP contribution in [0.1, 0.15) is 25.7 Å². The van der Waals surface area contributed by atoms with Crippen LogP contribution in [-0.4, -0.2) is 27.3 Å². The topological polar surface area (TPSA) is 78.8 Å². The molecule has 1 heterocycles. The lowest BCUT2D eigenvalue weighted by atomic mass is 9.83. The molecule has 3 rings (SSSR count). The Hall–Kier alpha value is -2.11. The number of benzene rings is 1. The van der Waals surface area contributed by atoms with Crippen LogP contribution in [0.4, 0.5) is 5.69 Å². The summed E-state index contributed by atoms with van der Waals surface area (Å²) in [6, 6.07) is 5.50. The Morgan fingerprint density at radius 3 is 2.95 bits per heavy atom. The van der Waals surface area contributed by atoms with E-state index in [2.05, 4.69) is 15.5 Å². The molecule has 0 aliphatic heterocycles. The van der Waals surface area contributed by atoms with Gasteiger partial charge in [-0.05, 0) is 41.0 Å². The van der Waals surface area contributed by atoms with E-state index in [1.807, 2.05) is 22.9 Å². The highest BCUT2D eigenvalue weighted by Crippen LogP contribution is 2.32. The fourth-order valence-corrected chi connectivity index (χ4v) is 2.53. The Balaban J connectivity index is 1.86. The number of nitrogen functional groups attached to an aromatic ring is 1. The number of hydrogen-bond donors (Lipinski definition) is 1. The van der Waals surface area contributed by atoms with Gasteiger partial charge in [-0.25, -0.2) is 4.68 Å². The molecular formula is C14H19N5O. The van der Waals surface area contributed by atoms with Gasteiger partial charge in [-0.15, -0.1) is 5.10 Å². The lowest BCUT2D eigenvalue weighted by Gasteiger charge is -2.25. The molecule has 1 saturated carbocycles. The lowest BCUT2D eigenvalue weighted by Crippen LogP contribution is -2.15. The molecule has 20 heavy (non-hydrogen) atoms. The van der Waals surface area contributed by atoms with Crippen molar-refractivity contribution in [2.75, 3.05) is 12.8 Å². The fraction of sp³-hybridized carbons (Fsp3) is 0.500. The van der Waals surface area contributed by atoms with E-state index in [9.17, 15) is 0 Å². The van der Waals surface area contributed by atoms with Gasteiger partial charge in [0.25, 0.3) is 0 Å². The number of nitrogens with zero attached hydrogens (tertiary/aromatic N) is 4. The van der Waals surface area contributed by atoms with E-state index in [0.717, 1.165) is 30.2 Å². The summed E-state index contributed by atoms with van der Waals surface area (Å²) in [6.07, 6.45) is 5.15. The second-order valence-corrected chi connectivity index (χ2v) is 5.27. The predicted molar refractivity (Wildman–Crippen MR) is 76.2 cm³/mol. The Labute approximate surface area is 117 Å². The largest absolute Gasteiger partial charge is 0.496 e. The van der Waals surface area contributed by atoms with E-state index in [4.69, 9.17) is 10.5 Å². The number of methoxy groups -OCH3 is 1. The number of hydrogen-bond acceptors (Lipinski definition) is 5. The first-order chi connectivity index (χ1) is 9.78. The van der Waals surface area contributed by atoms with Gasteiger partial charge in [-0.3, -0.25) is 0 Å². The molecule has 0 spiro atoms. The van der Waals surface area contributed by atoms with Crippen LogP contribution in [0.3, 0.4) is 0 Å². The maximum Gasteiger partial charge on any atom is 0.185 e. The van der Waals surface area contributed by atoms with Crippen LogP contribution in [0.2, 0.25) is 0 Å². The SMILES string of the molecule is COc1ccc(N)cc1-c1nnnn1CCC1CCC1. The maximum atomic E-state index is 5.86. The second-order valence-electron chi connectivity index (χ2n) is 5.27. The van der Waals surface area contributed by atoms with Gasteiger partial charge in [0.2, 0.25) is 0 Å². The predicted octanol–water partition coefficient (Wildman–Crippen LogP) is 2.12. The Morgan fingerprint density at radius 2 is 2.25 bits per heavy atom. The third kappa shape index (κ3) is 2.45. The van der Waals surface area contributed by atoms with Crippen molar-refractivity contribution in [3.05, 3.63) is 18.2 Å². The Kier molecular flexibility index (Phi) is 3.54. The molecule has 0 amide bonds. The van der Waals surface area contributed by atoms with E-state index >= 15 is 0 Å². The summed E-state index contributed by atoms with van der Waals surface area (Å²) in [5, 5.41) is 12.0. The molecule has 1 aliphatic rings. The molecule has 0 bridgehead atoms. The van der Waals surface area contributed by atoms with Gasteiger partial charge < -0.3 is 10.5 Å². The van der Waals surface area contributed by atoms with Gasteiger partial charge in [0.05, 0.1) is 12.7 Å². The Morgan fingerprint density at radius 1 is 1.40 bits per heavy atom. The van der Waals surface area contributed by atoms with Gasteiger partial charge in [0.1, 0.15) is 5.75 Å². The third-order valence-electron chi connectivity index (χ3n) is 3.97. The lowest BCUT2D eigenvalue weighted by molar-refractivity contribution is 0.277. The van der Waals surface area contributed by atoms with Crippen LogP contribution >= 0.6 is 0 Å². The molecule has 106 valence electrons. The molecule has 1 aromatic carbocycles. The summed E-state index contributed by atoms with van der Waals surface area (Å²) in [4.78, 5) is 0.